The lowest BCUT2D eigenvalue weighted by atomic mass is 10.1. The predicted octanol–water partition coefficient (Wildman–Crippen LogP) is 5.32. The molecule has 1 unspecified atom stereocenters. The van der Waals surface area contributed by atoms with E-state index in [0.717, 1.165) is 24.9 Å². The van der Waals surface area contributed by atoms with Crippen LogP contribution >= 0.6 is 54.8 Å². The molecule has 0 aliphatic heterocycles. The quantitative estimate of drug-likeness (QED) is 0.729. The third-order valence-electron chi connectivity index (χ3n) is 2.45. The third-order valence-corrected chi connectivity index (χ3v) is 5.83. The molecule has 1 aromatic heterocycles. The van der Waals surface area contributed by atoms with Crippen LogP contribution in [0.2, 0.25) is 4.34 Å². The number of aliphatic hydroxyl groups is 1. The summed E-state index contributed by atoms with van der Waals surface area (Å²) in [6, 6.07) is 7.69. The number of thiophene rings is 1. The van der Waals surface area contributed by atoms with Crippen molar-refractivity contribution in [2.75, 3.05) is 0 Å². The van der Waals surface area contributed by atoms with E-state index in [9.17, 15) is 5.11 Å². The fraction of sp³-hybridized carbons (Fsp3) is 0.167. The maximum atomic E-state index is 10.3. The molecule has 90 valence electrons. The zero-order valence-corrected chi connectivity index (χ0v) is 13.6. The molecule has 2 rings (SSSR count). The molecular formula is C12H9Br2ClOS. The fourth-order valence-corrected chi connectivity index (χ4v) is 3.59. The minimum atomic E-state index is -0.638. The Hall–Kier alpha value is 0.130. The van der Waals surface area contributed by atoms with E-state index >= 15 is 0 Å². The Kier molecular flexibility index (Phi) is 4.31. The summed E-state index contributed by atoms with van der Waals surface area (Å²) in [7, 11) is 0. The van der Waals surface area contributed by atoms with Crippen molar-refractivity contribution in [1.29, 1.82) is 0 Å². The van der Waals surface area contributed by atoms with Crippen LogP contribution in [0.5, 0.6) is 0 Å². The molecule has 1 nitrogen and oxygen atoms in total. The van der Waals surface area contributed by atoms with Crippen LogP contribution in [0.25, 0.3) is 0 Å². The van der Waals surface area contributed by atoms with Gasteiger partial charge >= 0.3 is 0 Å². The van der Waals surface area contributed by atoms with Gasteiger partial charge in [-0.15, -0.1) is 11.3 Å². The van der Waals surface area contributed by atoms with Crippen molar-refractivity contribution in [2.45, 2.75) is 13.0 Å². The molecule has 1 N–H and O–H groups in total. The van der Waals surface area contributed by atoms with Gasteiger partial charge in [0.15, 0.2) is 0 Å². The predicted molar refractivity (Wildman–Crippen MR) is 80.0 cm³/mol. The normalized spacial score (nSPS) is 12.8. The van der Waals surface area contributed by atoms with E-state index in [-0.39, 0.29) is 0 Å². The highest BCUT2D eigenvalue weighted by Gasteiger charge is 2.15. The van der Waals surface area contributed by atoms with E-state index < -0.39 is 6.10 Å². The van der Waals surface area contributed by atoms with Gasteiger partial charge in [0.25, 0.3) is 0 Å². The standard InChI is InChI=1S/C12H9Br2ClOS/c1-6-2-3-7(4-8(6)13)11(16)10-5-9(14)12(15)17-10/h2-5,11,16H,1H3. The Morgan fingerprint density at radius 3 is 2.47 bits per heavy atom. The van der Waals surface area contributed by atoms with E-state index in [1.807, 2.05) is 31.2 Å². The smallest absolute Gasteiger partial charge is 0.113 e. The molecule has 0 saturated heterocycles. The molecule has 2 aromatic rings. The summed E-state index contributed by atoms with van der Waals surface area (Å²) in [4.78, 5) is 0.831. The second-order valence-electron chi connectivity index (χ2n) is 3.68. The van der Waals surface area contributed by atoms with E-state index in [0.29, 0.717) is 4.34 Å². The molecule has 0 spiro atoms. The van der Waals surface area contributed by atoms with Gasteiger partial charge in [0.1, 0.15) is 10.4 Å². The number of aryl methyl sites for hydroxylation is 1. The first-order valence-corrected chi connectivity index (χ1v) is 7.66. The average molecular weight is 397 g/mol. The zero-order chi connectivity index (χ0) is 12.6. The SMILES string of the molecule is Cc1ccc(C(O)c2cc(Br)c(Cl)s2)cc1Br. The van der Waals surface area contributed by atoms with Crippen LogP contribution in [0.1, 0.15) is 22.1 Å². The van der Waals surface area contributed by atoms with Crippen LogP contribution in [-0.2, 0) is 0 Å². The van der Waals surface area contributed by atoms with Crippen LogP contribution in [0.4, 0.5) is 0 Å². The molecule has 0 amide bonds. The Labute approximate surface area is 126 Å². The Morgan fingerprint density at radius 2 is 1.94 bits per heavy atom. The van der Waals surface area contributed by atoms with Crippen molar-refractivity contribution in [1.82, 2.24) is 0 Å². The van der Waals surface area contributed by atoms with E-state index in [1.165, 1.54) is 11.3 Å². The molecule has 0 radical (unpaired) electrons. The molecule has 5 heteroatoms. The van der Waals surface area contributed by atoms with E-state index in [2.05, 4.69) is 31.9 Å². The van der Waals surface area contributed by atoms with Crippen molar-refractivity contribution in [3.05, 3.63) is 53.6 Å². The Morgan fingerprint density at radius 1 is 1.24 bits per heavy atom. The number of aliphatic hydroxyl groups excluding tert-OH is 1. The molecule has 0 aliphatic carbocycles. The Bertz CT molecular complexity index is 534. The molecule has 1 heterocycles. The van der Waals surface area contributed by atoms with Crippen LogP contribution < -0.4 is 0 Å². The largest absolute Gasteiger partial charge is 0.383 e. The number of hydrogen-bond donors (Lipinski definition) is 1. The van der Waals surface area contributed by atoms with Crippen molar-refractivity contribution < 1.29 is 5.11 Å². The van der Waals surface area contributed by atoms with Crippen LogP contribution in [0.3, 0.4) is 0 Å². The van der Waals surface area contributed by atoms with E-state index in [1.54, 1.807) is 0 Å². The third kappa shape index (κ3) is 2.93. The van der Waals surface area contributed by atoms with Gasteiger partial charge in [-0.1, -0.05) is 39.7 Å². The second-order valence-corrected chi connectivity index (χ2v) is 7.08. The van der Waals surface area contributed by atoms with Gasteiger partial charge in [-0.2, -0.15) is 0 Å². The zero-order valence-electron chi connectivity index (χ0n) is 8.88. The van der Waals surface area contributed by atoms with Crippen molar-refractivity contribution in [3.8, 4) is 0 Å². The molecule has 0 bridgehead atoms. The summed E-state index contributed by atoms with van der Waals surface area (Å²) in [6.45, 7) is 2.01. The van der Waals surface area contributed by atoms with Crippen molar-refractivity contribution in [3.63, 3.8) is 0 Å². The van der Waals surface area contributed by atoms with Crippen LogP contribution in [0, 0.1) is 6.92 Å². The summed E-state index contributed by atoms with van der Waals surface area (Å²) in [5, 5.41) is 10.3. The lowest BCUT2D eigenvalue weighted by Crippen LogP contribution is -1.97. The average Bonchev–Trinajstić information content (AvgIpc) is 2.62. The van der Waals surface area contributed by atoms with E-state index in [4.69, 9.17) is 11.6 Å². The minimum Gasteiger partial charge on any atom is -0.383 e. The fourth-order valence-electron chi connectivity index (χ4n) is 1.44. The summed E-state index contributed by atoms with van der Waals surface area (Å²) in [6.07, 6.45) is -0.638. The summed E-state index contributed by atoms with van der Waals surface area (Å²) in [5.41, 5.74) is 2.00. The molecule has 1 aromatic carbocycles. The molecule has 0 saturated carbocycles. The number of benzene rings is 1. The lowest BCUT2D eigenvalue weighted by molar-refractivity contribution is 0.224. The highest BCUT2D eigenvalue weighted by molar-refractivity contribution is 9.10. The van der Waals surface area contributed by atoms with Gasteiger partial charge in [-0.3, -0.25) is 0 Å². The van der Waals surface area contributed by atoms with Gasteiger partial charge in [0.2, 0.25) is 0 Å². The highest BCUT2D eigenvalue weighted by Crippen LogP contribution is 2.37. The molecular weight excluding hydrogens is 387 g/mol. The van der Waals surface area contributed by atoms with Gasteiger partial charge in [0.05, 0.1) is 0 Å². The molecule has 1 atom stereocenters. The first-order valence-electron chi connectivity index (χ1n) is 4.88. The number of rotatable bonds is 2. The molecule has 17 heavy (non-hydrogen) atoms. The van der Waals surface area contributed by atoms with Gasteiger partial charge in [-0.25, -0.2) is 0 Å². The molecule has 0 aliphatic rings. The van der Waals surface area contributed by atoms with Crippen LogP contribution in [-0.4, -0.2) is 5.11 Å². The van der Waals surface area contributed by atoms with Gasteiger partial charge < -0.3 is 5.11 Å². The maximum absolute atomic E-state index is 10.3. The number of hydrogen-bond acceptors (Lipinski definition) is 2. The van der Waals surface area contributed by atoms with Gasteiger partial charge in [-0.05, 0) is 46.1 Å². The second kappa shape index (κ2) is 5.41. The first-order chi connectivity index (χ1) is 7.99. The minimum absolute atomic E-state index is 0.638. The summed E-state index contributed by atoms with van der Waals surface area (Å²) >= 11 is 14.2. The number of halogens is 3. The highest BCUT2D eigenvalue weighted by atomic mass is 79.9. The Balaban J connectivity index is 2.36. The van der Waals surface area contributed by atoms with Crippen molar-refractivity contribution in [2.24, 2.45) is 0 Å². The maximum Gasteiger partial charge on any atom is 0.113 e. The first kappa shape index (κ1) is 13.6. The monoisotopic (exact) mass is 394 g/mol. The molecule has 0 fully saturated rings. The lowest BCUT2D eigenvalue weighted by Gasteiger charge is -2.10. The summed E-state index contributed by atoms with van der Waals surface area (Å²) in [5.74, 6) is 0. The topological polar surface area (TPSA) is 20.2 Å². The van der Waals surface area contributed by atoms with Crippen molar-refractivity contribution >= 4 is 54.8 Å². The summed E-state index contributed by atoms with van der Waals surface area (Å²) < 4.78 is 2.48. The van der Waals surface area contributed by atoms with Crippen LogP contribution in [0.15, 0.2) is 33.2 Å². The van der Waals surface area contributed by atoms with Gasteiger partial charge in [0, 0.05) is 13.8 Å².